The van der Waals surface area contributed by atoms with E-state index in [1.54, 1.807) is 0 Å². The molecule has 0 saturated heterocycles. The molecule has 0 aromatic carbocycles. The summed E-state index contributed by atoms with van der Waals surface area (Å²) < 4.78 is 69.0. The molecule has 636 valence electrons. The number of phosphoric acid groups is 2. The van der Waals surface area contributed by atoms with Crippen LogP contribution in [0.3, 0.4) is 0 Å². The summed E-state index contributed by atoms with van der Waals surface area (Å²) in [5.41, 5.74) is 0. The largest absolute Gasteiger partial charge is 0.472 e. The molecule has 0 heterocycles. The molecular weight excluding hydrogens is 1390 g/mol. The van der Waals surface area contributed by atoms with Crippen molar-refractivity contribution in [2.75, 3.05) is 39.6 Å². The van der Waals surface area contributed by atoms with Crippen LogP contribution in [0.4, 0.5) is 0 Å². The molecule has 0 fully saturated rings. The van der Waals surface area contributed by atoms with Gasteiger partial charge in [0.15, 0.2) is 12.2 Å². The Morgan fingerprint density at radius 1 is 0.262 bits per heavy atom. The maximum absolute atomic E-state index is 13.2. The zero-order chi connectivity index (χ0) is 78.5. The second-order valence-corrected chi connectivity index (χ2v) is 35.0. The Bertz CT molecular complexity index is 2050. The Labute approximate surface area is 658 Å². The molecule has 0 saturated carbocycles. The number of phosphoric ester groups is 2. The third-order valence-corrected chi connectivity index (χ3v) is 23.3. The highest BCUT2D eigenvalue weighted by molar-refractivity contribution is 7.47. The second-order valence-electron chi connectivity index (χ2n) is 32.1. The van der Waals surface area contributed by atoms with Crippen molar-refractivity contribution in [3.05, 3.63) is 0 Å². The molecule has 4 unspecified atom stereocenters. The van der Waals surface area contributed by atoms with E-state index in [1.165, 1.54) is 289 Å². The van der Waals surface area contributed by atoms with E-state index in [1.807, 2.05) is 0 Å². The quantitative estimate of drug-likeness (QED) is 0.0222. The zero-order valence-corrected chi connectivity index (χ0v) is 72.2. The number of aliphatic hydroxyl groups excluding tert-OH is 1. The van der Waals surface area contributed by atoms with E-state index >= 15 is 0 Å². The minimum absolute atomic E-state index is 0.107. The van der Waals surface area contributed by atoms with Crippen LogP contribution in [0.15, 0.2) is 0 Å². The van der Waals surface area contributed by atoms with Gasteiger partial charge in [0.25, 0.3) is 0 Å². The number of esters is 4. The third kappa shape index (κ3) is 79.1. The maximum Gasteiger partial charge on any atom is 0.472 e. The Morgan fingerprint density at radius 2 is 0.449 bits per heavy atom. The Morgan fingerprint density at radius 3 is 0.664 bits per heavy atom. The second kappa shape index (κ2) is 79.3. The van der Waals surface area contributed by atoms with Crippen LogP contribution in [0.1, 0.15) is 472 Å². The summed E-state index contributed by atoms with van der Waals surface area (Å²) >= 11 is 0. The highest BCUT2D eigenvalue weighted by Crippen LogP contribution is 2.45. The molecule has 19 heteroatoms. The van der Waals surface area contributed by atoms with Crippen molar-refractivity contribution >= 4 is 39.5 Å². The first-order chi connectivity index (χ1) is 51.9. The van der Waals surface area contributed by atoms with Crippen LogP contribution in [0, 0.1) is 11.8 Å². The SMILES string of the molecule is CCCCCCCCCCCCCCCCCCCCCC(=O)OC[C@H](COP(=O)(O)OC[C@@H](O)COP(=O)(O)OC[C@@H](COC(=O)CCCCCCCCCCCCCC)OC(=O)CCCCCCCCCCCCC(C)CC)OC(=O)CCCCCCCCCCCCCCCCCCCCC(C)CC. The smallest absolute Gasteiger partial charge is 0.462 e. The predicted octanol–water partition coefficient (Wildman–Crippen LogP) is 27.0. The van der Waals surface area contributed by atoms with Gasteiger partial charge in [-0.1, -0.05) is 420 Å². The minimum Gasteiger partial charge on any atom is -0.462 e. The first kappa shape index (κ1) is 105. The lowest BCUT2D eigenvalue weighted by molar-refractivity contribution is -0.161. The van der Waals surface area contributed by atoms with Gasteiger partial charge < -0.3 is 33.8 Å². The maximum atomic E-state index is 13.2. The lowest BCUT2D eigenvalue weighted by Crippen LogP contribution is -2.30. The summed E-state index contributed by atoms with van der Waals surface area (Å²) in [5, 5.41) is 10.7. The molecule has 0 amide bonds. The van der Waals surface area contributed by atoms with Crippen LogP contribution in [-0.4, -0.2) is 96.7 Å². The molecule has 0 rings (SSSR count). The molecule has 107 heavy (non-hydrogen) atoms. The van der Waals surface area contributed by atoms with Crippen LogP contribution in [-0.2, 0) is 65.4 Å². The predicted molar refractivity (Wildman–Crippen MR) is 442 cm³/mol. The number of ether oxygens (including phenoxy) is 4. The summed E-state index contributed by atoms with van der Waals surface area (Å²) in [6.45, 7) is 9.77. The summed E-state index contributed by atoms with van der Waals surface area (Å²) in [7, 11) is -9.93. The lowest BCUT2D eigenvalue weighted by Gasteiger charge is -2.21. The van der Waals surface area contributed by atoms with Crippen molar-refractivity contribution in [3.63, 3.8) is 0 Å². The van der Waals surface area contributed by atoms with Crippen molar-refractivity contribution in [3.8, 4) is 0 Å². The molecule has 0 aliphatic carbocycles. The van der Waals surface area contributed by atoms with Crippen molar-refractivity contribution in [1.29, 1.82) is 0 Å². The summed E-state index contributed by atoms with van der Waals surface area (Å²) in [6, 6.07) is 0. The van der Waals surface area contributed by atoms with Gasteiger partial charge in [0, 0.05) is 25.7 Å². The Hall–Kier alpha value is -1.94. The van der Waals surface area contributed by atoms with Gasteiger partial charge in [0.05, 0.1) is 26.4 Å². The van der Waals surface area contributed by atoms with E-state index < -0.39 is 97.5 Å². The van der Waals surface area contributed by atoms with Gasteiger partial charge in [-0.05, 0) is 37.5 Å². The average Bonchev–Trinajstić information content (AvgIpc) is 0.900. The summed E-state index contributed by atoms with van der Waals surface area (Å²) in [5.74, 6) is -0.425. The number of hydrogen-bond acceptors (Lipinski definition) is 15. The highest BCUT2D eigenvalue weighted by atomic mass is 31.2. The van der Waals surface area contributed by atoms with E-state index in [2.05, 4.69) is 41.5 Å². The number of aliphatic hydroxyl groups is 1. The first-order valence-electron chi connectivity index (χ1n) is 45.6. The fraction of sp³-hybridized carbons (Fsp3) is 0.955. The van der Waals surface area contributed by atoms with Crippen molar-refractivity contribution < 1.29 is 80.2 Å². The molecule has 0 aromatic rings. The number of carbonyl (C=O) groups excluding carboxylic acids is 4. The summed E-state index contributed by atoms with van der Waals surface area (Å²) in [4.78, 5) is 73.3. The van der Waals surface area contributed by atoms with E-state index in [9.17, 15) is 43.2 Å². The van der Waals surface area contributed by atoms with Gasteiger partial charge in [-0.3, -0.25) is 37.3 Å². The van der Waals surface area contributed by atoms with E-state index in [0.29, 0.717) is 25.7 Å². The van der Waals surface area contributed by atoms with Gasteiger partial charge in [0.2, 0.25) is 0 Å². The average molecular weight is 1560 g/mol. The van der Waals surface area contributed by atoms with Gasteiger partial charge >= 0.3 is 39.5 Å². The molecular formula is C88H172O17P2. The number of hydrogen-bond donors (Lipinski definition) is 3. The number of carbonyl (C=O) groups is 4. The van der Waals surface area contributed by atoms with Crippen molar-refractivity contribution in [1.82, 2.24) is 0 Å². The van der Waals surface area contributed by atoms with Gasteiger partial charge in [-0.15, -0.1) is 0 Å². The molecule has 3 N–H and O–H groups in total. The van der Waals surface area contributed by atoms with Crippen molar-refractivity contribution in [2.45, 2.75) is 490 Å². The van der Waals surface area contributed by atoms with Gasteiger partial charge in [-0.2, -0.15) is 0 Å². The fourth-order valence-corrected chi connectivity index (χ4v) is 15.3. The molecule has 0 bridgehead atoms. The van der Waals surface area contributed by atoms with E-state index in [4.69, 9.17) is 37.0 Å². The molecule has 0 aliphatic heterocycles. The molecule has 0 radical (unpaired) electrons. The first-order valence-corrected chi connectivity index (χ1v) is 48.6. The normalized spacial score (nSPS) is 14.3. The van der Waals surface area contributed by atoms with Crippen molar-refractivity contribution in [2.24, 2.45) is 11.8 Å². The van der Waals surface area contributed by atoms with Gasteiger partial charge in [-0.25, -0.2) is 9.13 Å². The topological polar surface area (TPSA) is 237 Å². The number of unbranched alkanes of at least 4 members (excludes halogenated alkanes) is 55. The number of rotatable bonds is 87. The summed E-state index contributed by atoms with van der Waals surface area (Å²) in [6.07, 6.45) is 72.1. The van der Waals surface area contributed by atoms with Crippen LogP contribution in [0.2, 0.25) is 0 Å². The minimum atomic E-state index is -4.97. The molecule has 7 atom stereocenters. The Kier molecular flexibility index (Phi) is 77.9. The van der Waals surface area contributed by atoms with Crippen LogP contribution >= 0.6 is 15.6 Å². The molecule has 17 nitrogen and oxygen atoms in total. The van der Waals surface area contributed by atoms with E-state index in [0.717, 1.165) is 102 Å². The molecule has 0 aromatic heterocycles. The zero-order valence-electron chi connectivity index (χ0n) is 70.5. The van der Waals surface area contributed by atoms with Crippen LogP contribution in [0.25, 0.3) is 0 Å². The standard InChI is InChI=1S/C88H172O17P2/c1-7-11-13-15-17-19-21-23-24-25-26-30-33-36-40-47-53-59-65-71-86(91)99-76-83(104-87(92)72-66-60-54-48-41-37-34-31-28-27-29-32-35-38-44-50-56-62-68-80(5)9-3)78-102-106(94,95)100-74-82(89)75-101-107(96,97)103-79-84(77-98-85(90)70-64-58-52-46-39-22-20-18-16-14-12-8-2)105-88(93)73-67-61-55-49-43-42-45-51-57-63-69-81(6)10-4/h80-84,89H,7-79H2,1-6H3,(H,94,95)(H,96,97)/t80?,81?,82-,83-,84-/m1/s1. The van der Waals surface area contributed by atoms with Crippen LogP contribution < -0.4 is 0 Å². The lowest BCUT2D eigenvalue weighted by atomic mass is 9.99. The fourth-order valence-electron chi connectivity index (χ4n) is 13.7. The molecule has 0 spiro atoms. The highest BCUT2D eigenvalue weighted by Gasteiger charge is 2.31. The monoisotopic (exact) mass is 1560 g/mol. The molecule has 0 aliphatic rings. The van der Waals surface area contributed by atoms with Gasteiger partial charge in [0.1, 0.15) is 19.3 Å². The Balaban J connectivity index is 5.24. The van der Waals surface area contributed by atoms with Crippen LogP contribution in [0.5, 0.6) is 0 Å². The third-order valence-electron chi connectivity index (χ3n) is 21.4. The van der Waals surface area contributed by atoms with E-state index in [-0.39, 0.29) is 25.7 Å².